The SMILES string of the molecule is CN[C@H]1CC[C@@H](Oc2ccc(C(C)(C)C)nc2)CC1. The highest BCUT2D eigenvalue weighted by Gasteiger charge is 2.21. The van der Waals surface area contributed by atoms with Crippen molar-refractivity contribution < 1.29 is 4.74 Å². The van der Waals surface area contributed by atoms with Gasteiger partial charge in [-0.1, -0.05) is 20.8 Å². The van der Waals surface area contributed by atoms with E-state index >= 15 is 0 Å². The van der Waals surface area contributed by atoms with Gasteiger partial charge in [0, 0.05) is 17.2 Å². The van der Waals surface area contributed by atoms with Crippen LogP contribution in [0.3, 0.4) is 0 Å². The van der Waals surface area contributed by atoms with Gasteiger partial charge in [0.25, 0.3) is 0 Å². The molecule has 0 unspecified atom stereocenters. The van der Waals surface area contributed by atoms with Gasteiger partial charge in [-0.25, -0.2) is 0 Å². The summed E-state index contributed by atoms with van der Waals surface area (Å²) in [5, 5.41) is 3.34. The van der Waals surface area contributed by atoms with Crippen LogP contribution in [0, 0.1) is 0 Å². The van der Waals surface area contributed by atoms with E-state index < -0.39 is 0 Å². The fourth-order valence-electron chi connectivity index (χ4n) is 2.56. The second-order valence-electron chi connectivity index (χ2n) is 6.51. The van der Waals surface area contributed by atoms with E-state index in [9.17, 15) is 0 Å². The van der Waals surface area contributed by atoms with Gasteiger partial charge >= 0.3 is 0 Å². The first-order valence-electron chi connectivity index (χ1n) is 7.29. The van der Waals surface area contributed by atoms with Crippen LogP contribution in [0.15, 0.2) is 18.3 Å². The molecule has 1 saturated carbocycles. The second kappa shape index (κ2) is 5.91. The Morgan fingerprint density at radius 1 is 1.16 bits per heavy atom. The number of ether oxygens (including phenoxy) is 1. The first-order chi connectivity index (χ1) is 8.99. The summed E-state index contributed by atoms with van der Waals surface area (Å²) in [6.07, 6.45) is 6.89. The van der Waals surface area contributed by atoms with Crippen LogP contribution >= 0.6 is 0 Å². The Morgan fingerprint density at radius 3 is 2.32 bits per heavy atom. The molecule has 0 amide bonds. The van der Waals surface area contributed by atoms with Gasteiger partial charge in [-0.3, -0.25) is 4.98 Å². The summed E-state index contributed by atoms with van der Waals surface area (Å²) in [6, 6.07) is 4.80. The average Bonchev–Trinajstić information content (AvgIpc) is 2.39. The van der Waals surface area contributed by atoms with Crippen LogP contribution < -0.4 is 10.1 Å². The summed E-state index contributed by atoms with van der Waals surface area (Å²) >= 11 is 0. The van der Waals surface area contributed by atoms with Crippen molar-refractivity contribution in [3.8, 4) is 5.75 Å². The maximum absolute atomic E-state index is 6.03. The van der Waals surface area contributed by atoms with Crippen molar-refractivity contribution in [2.75, 3.05) is 7.05 Å². The van der Waals surface area contributed by atoms with E-state index in [1.165, 1.54) is 12.8 Å². The Morgan fingerprint density at radius 2 is 1.84 bits per heavy atom. The zero-order valence-corrected chi connectivity index (χ0v) is 12.6. The molecule has 0 saturated heterocycles. The zero-order valence-electron chi connectivity index (χ0n) is 12.6. The summed E-state index contributed by atoms with van der Waals surface area (Å²) in [4.78, 5) is 4.51. The maximum Gasteiger partial charge on any atom is 0.138 e. The summed E-state index contributed by atoms with van der Waals surface area (Å²) < 4.78 is 6.03. The Kier molecular flexibility index (Phi) is 4.46. The molecule has 0 aliphatic heterocycles. The Balaban J connectivity index is 1.90. The molecule has 1 heterocycles. The lowest BCUT2D eigenvalue weighted by molar-refractivity contribution is 0.141. The number of nitrogens with zero attached hydrogens (tertiary/aromatic N) is 1. The maximum atomic E-state index is 6.03. The molecule has 0 aromatic carbocycles. The number of hydrogen-bond donors (Lipinski definition) is 1. The smallest absolute Gasteiger partial charge is 0.138 e. The van der Waals surface area contributed by atoms with Crippen LogP contribution in [0.4, 0.5) is 0 Å². The molecule has 1 aromatic rings. The molecule has 1 aromatic heterocycles. The lowest BCUT2D eigenvalue weighted by Crippen LogP contribution is -2.34. The minimum absolute atomic E-state index is 0.101. The number of rotatable bonds is 3. The Hall–Kier alpha value is -1.09. The fraction of sp³-hybridized carbons (Fsp3) is 0.688. The standard InChI is InChI=1S/C16H26N2O/c1-16(2,3)15-10-9-14(11-18-15)19-13-7-5-12(17-4)6-8-13/h9-13,17H,5-8H2,1-4H3/t12-,13+. The highest BCUT2D eigenvalue weighted by Crippen LogP contribution is 2.25. The van der Waals surface area contributed by atoms with E-state index in [-0.39, 0.29) is 5.41 Å². The molecule has 19 heavy (non-hydrogen) atoms. The van der Waals surface area contributed by atoms with Crippen molar-refractivity contribution in [2.45, 2.75) is 64.0 Å². The van der Waals surface area contributed by atoms with Crippen molar-refractivity contribution in [3.63, 3.8) is 0 Å². The molecule has 0 spiro atoms. The molecule has 2 rings (SSSR count). The molecule has 106 valence electrons. The number of hydrogen-bond acceptors (Lipinski definition) is 3. The molecular weight excluding hydrogens is 236 g/mol. The minimum Gasteiger partial charge on any atom is -0.489 e. The quantitative estimate of drug-likeness (QED) is 0.907. The van der Waals surface area contributed by atoms with Crippen LogP contribution in [0.2, 0.25) is 0 Å². The van der Waals surface area contributed by atoms with E-state index in [4.69, 9.17) is 4.74 Å². The molecular formula is C16H26N2O. The third-order valence-corrected chi connectivity index (χ3v) is 3.89. The predicted molar refractivity (Wildman–Crippen MR) is 78.7 cm³/mol. The van der Waals surface area contributed by atoms with Gasteiger partial charge in [0.2, 0.25) is 0 Å². The second-order valence-corrected chi connectivity index (χ2v) is 6.51. The van der Waals surface area contributed by atoms with Crippen molar-refractivity contribution in [1.29, 1.82) is 0 Å². The third-order valence-electron chi connectivity index (χ3n) is 3.89. The van der Waals surface area contributed by atoms with Crippen molar-refractivity contribution in [2.24, 2.45) is 0 Å². The third kappa shape index (κ3) is 3.93. The molecule has 1 N–H and O–H groups in total. The normalized spacial score (nSPS) is 24.2. The largest absolute Gasteiger partial charge is 0.489 e. The van der Waals surface area contributed by atoms with E-state index in [2.05, 4.69) is 43.2 Å². The van der Waals surface area contributed by atoms with E-state index in [1.54, 1.807) is 0 Å². The summed E-state index contributed by atoms with van der Waals surface area (Å²) in [5.74, 6) is 0.904. The molecule has 0 bridgehead atoms. The van der Waals surface area contributed by atoms with Crippen molar-refractivity contribution in [3.05, 3.63) is 24.0 Å². The van der Waals surface area contributed by atoms with E-state index in [1.807, 2.05) is 13.2 Å². The highest BCUT2D eigenvalue weighted by molar-refractivity contribution is 5.23. The Labute approximate surface area is 116 Å². The summed E-state index contributed by atoms with van der Waals surface area (Å²) in [5.41, 5.74) is 1.21. The van der Waals surface area contributed by atoms with Gasteiger partial charge in [0.15, 0.2) is 0 Å². The lowest BCUT2D eigenvalue weighted by atomic mass is 9.91. The number of pyridine rings is 1. The average molecular weight is 262 g/mol. The summed E-state index contributed by atoms with van der Waals surface area (Å²) in [6.45, 7) is 6.53. The molecule has 1 fully saturated rings. The molecule has 0 atom stereocenters. The number of nitrogens with one attached hydrogen (secondary N) is 1. The monoisotopic (exact) mass is 262 g/mol. The van der Waals surface area contributed by atoms with Gasteiger partial charge in [-0.15, -0.1) is 0 Å². The van der Waals surface area contributed by atoms with Crippen LogP contribution in [0.5, 0.6) is 5.75 Å². The van der Waals surface area contributed by atoms with E-state index in [0.29, 0.717) is 12.1 Å². The van der Waals surface area contributed by atoms with Crippen molar-refractivity contribution >= 4 is 0 Å². The summed E-state index contributed by atoms with van der Waals surface area (Å²) in [7, 11) is 2.04. The van der Waals surface area contributed by atoms with Crippen LogP contribution in [-0.2, 0) is 5.41 Å². The highest BCUT2D eigenvalue weighted by atomic mass is 16.5. The topological polar surface area (TPSA) is 34.1 Å². The predicted octanol–water partition coefficient (Wildman–Crippen LogP) is 3.29. The van der Waals surface area contributed by atoms with Gasteiger partial charge < -0.3 is 10.1 Å². The molecule has 1 aliphatic rings. The van der Waals surface area contributed by atoms with Gasteiger partial charge in [-0.2, -0.15) is 0 Å². The lowest BCUT2D eigenvalue weighted by Gasteiger charge is -2.28. The van der Waals surface area contributed by atoms with Crippen molar-refractivity contribution in [1.82, 2.24) is 10.3 Å². The first-order valence-corrected chi connectivity index (χ1v) is 7.29. The van der Waals surface area contributed by atoms with Crippen LogP contribution in [-0.4, -0.2) is 24.2 Å². The van der Waals surface area contributed by atoms with E-state index in [0.717, 1.165) is 24.3 Å². The van der Waals surface area contributed by atoms with Crippen LogP contribution in [0.1, 0.15) is 52.1 Å². The number of aromatic nitrogens is 1. The molecule has 0 radical (unpaired) electrons. The van der Waals surface area contributed by atoms with Gasteiger partial charge in [0.1, 0.15) is 5.75 Å². The Bertz CT molecular complexity index is 386. The minimum atomic E-state index is 0.101. The zero-order chi connectivity index (χ0) is 13.9. The van der Waals surface area contributed by atoms with Crippen LogP contribution in [0.25, 0.3) is 0 Å². The first kappa shape index (κ1) is 14.3. The van der Waals surface area contributed by atoms with Gasteiger partial charge in [0.05, 0.1) is 12.3 Å². The van der Waals surface area contributed by atoms with Gasteiger partial charge in [-0.05, 0) is 44.9 Å². The molecule has 3 nitrogen and oxygen atoms in total. The fourth-order valence-corrected chi connectivity index (χ4v) is 2.56. The molecule has 1 aliphatic carbocycles. The molecule has 3 heteroatoms.